The molecule has 0 spiro atoms. The number of benzene rings is 2. The van der Waals surface area contributed by atoms with Crippen LogP contribution in [0.4, 0.5) is 0 Å². The first kappa shape index (κ1) is 10.4. The minimum atomic E-state index is -0.0258. The lowest BCUT2D eigenvalue weighted by Crippen LogP contribution is -2.08. The summed E-state index contributed by atoms with van der Waals surface area (Å²) >= 11 is 5.87. The largest absolute Gasteiger partial charge is 0.481 e. The molecule has 1 unspecified atom stereocenters. The van der Waals surface area contributed by atoms with Gasteiger partial charge in [-0.05, 0) is 29.8 Å². The average Bonchev–Trinajstić information content (AvgIpc) is 2.39. The second kappa shape index (κ2) is 4.27. The Morgan fingerprint density at radius 3 is 2.53 bits per heavy atom. The van der Waals surface area contributed by atoms with Gasteiger partial charge in [-0.1, -0.05) is 48.0 Å². The van der Waals surface area contributed by atoms with Crippen molar-refractivity contribution in [1.82, 2.24) is 0 Å². The van der Waals surface area contributed by atoms with E-state index in [1.165, 1.54) is 0 Å². The van der Waals surface area contributed by atoms with Gasteiger partial charge in [0.2, 0.25) is 0 Å². The maximum absolute atomic E-state index is 5.93. The summed E-state index contributed by atoms with van der Waals surface area (Å²) in [5, 5.41) is 0.744. The average molecular weight is 243 g/mol. The van der Waals surface area contributed by atoms with Crippen LogP contribution in [-0.4, -0.2) is 0 Å². The Balaban J connectivity index is 1.92. The molecule has 0 saturated heterocycles. The van der Waals surface area contributed by atoms with E-state index >= 15 is 0 Å². The zero-order chi connectivity index (χ0) is 11.7. The standard InChI is InChI=1S/C15H11ClO/c16-13-8-5-12(6-9-13)15-10-7-11-3-1-2-4-14(11)17-15/h1-10,15H. The van der Waals surface area contributed by atoms with Gasteiger partial charge in [-0.3, -0.25) is 0 Å². The van der Waals surface area contributed by atoms with Crippen LogP contribution < -0.4 is 4.74 Å². The van der Waals surface area contributed by atoms with Crippen molar-refractivity contribution in [3.8, 4) is 5.75 Å². The van der Waals surface area contributed by atoms with Gasteiger partial charge in [0.15, 0.2) is 0 Å². The lowest BCUT2D eigenvalue weighted by molar-refractivity contribution is 0.252. The third-order valence-corrected chi connectivity index (χ3v) is 3.07. The molecule has 2 aromatic rings. The van der Waals surface area contributed by atoms with Gasteiger partial charge < -0.3 is 4.74 Å². The molecule has 1 aliphatic rings. The molecular weight excluding hydrogens is 232 g/mol. The fourth-order valence-electron chi connectivity index (χ4n) is 1.92. The third-order valence-electron chi connectivity index (χ3n) is 2.82. The summed E-state index contributed by atoms with van der Waals surface area (Å²) in [6, 6.07) is 15.8. The fourth-order valence-corrected chi connectivity index (χ4v) is 2.05. The lowest BCUT2D eigenvalue weighted by Gasteiger charge is -2.21. The molecule has 2 heteroatoms. The molecule has 17 heavy (non-hydrogen) atoms. The van der Waals surface area contributed by atoms with Crippen LogP contribution in [0.2, 0.25) is 5.02 Å². The summed E-state index contributed by atoms with van der Waals surface area (Å²) in [7, 11) is 0. The van der Waals surface area contributed by atoms with Crippen LogP contribution in [0, 0.1) is 0 Å². The Kier molecular flexibility index (Phi) is 2.62. The van der Waals surface area contributed by atoms with E-state index in [0.717, 1.165) is 21.9 Å². The molecule has 1 atom stereocenters. The van der Waals surface area contributed by atoms with E-state index in [4.69, 9.17) is 16.3 Å². The lowest BCUT2D eigenvalue weighted by atomic mass is 10.0. The highest BCUT2D eigenvalue weighted by Crippen LogP contribution is 2.32. The normalized spacial score (nSPS) is 17.4. The molecule has 0 fully saturated rings. The van der Waals surface area contributed by atoms with E-state index in [9.17, 15) is 0 Å². The van der Waals surface area contributed by atoms with Crippen molar-refractivity contribution in [1.29, 1.82) is 0 Å². The monoisotopic (exact) mass is 242 g/mol. The van der Waals surface area contributed by atoms with E-state index in [2.05, 4.69) is 12.2 Å². The molecule has 1 heterocycles. The summed E-state index contributed by atoms with van der Waals surface area (Å²) in [5.41, 5.74) is 2.23. The number of halogens is 1. The van der Waals surface area contributed by atoms with Crippen LogP contribution in [0.15, 0.2) is 54.6 Å². The van der Waals surface area contributed by atoms with Crippen molar-refractivity contribution in [3.05, 3.63) is 70.8 Å². The SMILES string of the molecule is Clc1ccc(C2C=Cc3ccccc3O2)cc1. The highest BCUT2D eigenvalue weighted by molar-refractivity contribution is 6.30. The smallest absolute Gasteiger partial charge is 0.142 e. The van der Waals surface area contributed by atoms with Crippen molar-refractivity contribution >= 4 is 17.7 Å². The van der Waals surface area contributed by atoms with E-state index < -0.39 is 0 Å². The molecular formula is C15H11ClO. The number of ether oxygens (including phenoxy) is 1. The predicted molar refractivity (Wildman–Crippen MR) is 70.3 cm³/mol. The quantitative estimate of drug-likeness (QED) is 0.716. The first-order chi connectivity index (χ1) is 8.33. The Hall–Kier alpha value is -1.73. The van der Waals surface area contributed by atoms with Crippen LogP contribution in [0.5, 0.6) is 5.75 Å². The third kappa shape index (κ3) is 2.06. The number of fused-ring (bicyclic) bond motifs is 1. The molecule has 0 N–H and O–H groups in total. The van der Waals surface area contributed by atoms with Crippen molar-refractivity contribution in [2.75, 3.05) is 0 Å². The minimum Gasteiger partial charge on any atom is -0.481 e. The van der Waals surface area contributed by atoms with Gasteiger partial charge >= 0.3 is 0 Å². The van der Waals surface area contributed by atoms with Gasteiger partial charge in [-0.2, -0.15) is 0 Å². The predicted octanol–water partition coefficient (Wildman–Crippen LogP) is 4.49. The zero-order valence-corrected chi connectivity index (χ0v) is 9.89. The summed E-state index contributed by atoms with van der Waals surface area (Å²) in [6.45, 7) is 0. The first-order valence-corrected chi connectivity index (χ1v) is 5.90. The van der Waals surface area contributed by atoms with E-state index in [1.807, 2.05) is 48.5 Å². The Morgan fingerprint density at radius 2 is 1.71 bits per heavy atom. The molecule has 1 aliphatic heterocycles. The van der Waals surface area contributed by atoms with Crippen LogP contribution >= 0.6 is 11.6 Å². The first-order valence-electron chi connectivity index (χ1n) is 5.52. The summed E-state index contributed by atoms with van der Waals surface area (Å²) < 4.78 is 5.93. The second-order valence-corrected chi connectivity index (χ2v) is 4.42. The van der Waals surface area contributed by atoms with Gasteiger partial charge in [-0.25, -0.2) is 0 Å². The van der Waals surface area contributed by atoms with E-state index in [-0.39, 0.29) is 6.10 Å². The van der Waals surface area contributed by atoms with Gasteiger partial charge in [0.1, 0.15) is 11.9 Å². The van der Waals surface area contributed by atoms with Crippen molar-refractivity contribution in [2.45, 2.75) is 6.10 Å². The number of para-hydroxylation sites is 1. The van der Waals surface area contributed by atoms with Crippen molar-refractivity contribution in [3.63, 3.8) is 0 Å². The van der Waals surface area contributed by atoms with Crippen LogP contribution in [0.1, 0.15) is 17.2 Å². The molecule has 2 aromatic carbocycles. The molecule has 0 radical (unpaired) electrons. The van der Waals surface area contributed by atoms with Crippen molar-refractivity contribution < 1.29 is 4.74 Å². The van der Waals surface area contributed by atoms with E-state index in [1.54, 1.807) is 0 Å². The number of rotatable bonds is 1. The van der Waals surface area contributed by atoms with Crippen LogP contribution in [-0.2, 0) is 0 Å². The number of hydrogen-bond donors (Lipinski definition) is 0. The maximum Gasteiger partial charge on any atom is 0.142 e. The molecule has 1 nitrogen and oxygen atoms in total. The summed E-state index contributed by atoms with van der Waals surface area (Å²) in [6.07, 6.45) is 4.13. The van der Waals surface area contributed by atoms with Gasteiger partial charge in [-0.15, -0.1) is 0 Å². The zero-order valence-electron chi connectivity index (χ0n) is 9.14. The fraction of sp³-hybridized carbons (Fsp3) is 0.0667. The Labute approximate surface area is 105 Å². The highest BCUT2D eigenvalue weighted by atomic mass is 35.5. The topological polar surface area (TPSA) is 9.23 Å². The maximum atomic E-state index is 5.93. The van der Waals surface area contributed by atoms with Gasteiger partial charge in [0.25, 0.3) is 0 Å². The van der Waals surface area contributed by atoms with E-state index in [0.29, 0.717) is 0 Å². The highest BCUT2D eigenvalue weighted by Gasteiger charge is 2.15. The molecule has 0 aliphatic carbocycles. The Morgan fingerprint density at radius 1 is 0.941 bits per heavy atom. The number of hydrogen-bond acceptors (Lipinski definition) is 1. The Bertz CT molecular complexity index is 557. The van der Waals surface area contributed by atoms with Crippen LogP contribution in [0.25, 0.3) is 6.08 Å². The molecule has 0 aromatic heterocycles. The molecule has 84 valence electrons. The minimum absolute atomic E-state index is 0.0258. The van der Waals surface area contributed by atoms with Crippen molar-refractivity contribution in [2.24, 2.45) is 0 Å². The molecule has 0 saturated carbocycles. The van der Waals surface area contributed by atoms with Gasteiger partial charge in [0, 0.05) is 10.6 Å². The molecule has 3 rings (SSSR count). The summed E-state index contributed by atoms with van der Waals surface area (Å²) in [4.78, 5) is 0. The molecule has 0 amide bonds. The second-order valence-electron chi connectivity index (χ2n) is 3.99. The molecule has 0 bridgehead atoms. The van der Waals surface area contributed by atoms with Gasteiger partial charge in [0.05, 0.1) is 0 Å². The van der Waals surface area contributed by atoms with Crippen LogP contribution in [0.3, 0.4) is 0 Å². The summed E-state index contributed by atoms with van der Waals surface area (Å²) in [5.74, 6) is 0.926.